The Morgan fingerprint density at radius 1 is 1.30 bits per heavy atom. The molecule has 138 valence electrons. The van der Waals surface area contributed by atoms with Crippen LogP contribution in [-0.4, -0.2) is 33.4 Å². The molecule has 0 bridgehead atoms. The van der Waals surface area contributed by atoms with Gasteiger partial charge in [0.05, 0.1) is 28.8 Å². The predicted molar refractivity (Wildman–Crippen MR) is 106 cm³/mol. The van der Waals surface area contributed by atoms with Gasteiger partial charge in [-0.2, -0.15) is 0 Å². The SMILES string of the molecule is COc1ccc(-n2cnc3c2[C@@H](c2ccc(O)c(Cl)c2)SCC(=O)N3)cc1. The molecule has 1 amide bonds. The first kappa shape index (κ1) is 17.8. The fourth-order valence-corrected chi connectivity index (χ4v) is 4.30. The minimum absolute atomic E-state index is 0.0251. The predicted octanol–water partition coefficient (Wildman–Crippen LogP) is 4.01. The zero-order valence-electron chi connectivity index (χ0n) is 14.3. The van der Waals surface area contributed by atoms with Crippen LogP contribution in [0.25, 0.3) is 5.69 Å². The summed E-state index contributed by atoms with van der Waals surface area (Å²) in [5.41, 5.74) is 2.63. The van der Waals surface area contributed by atoms with Gasteiger partial charge in [0, 0.05) is 5.69 Å². The summed E-state index contributed by atoms with van der Waals surface area (Å²) >= 11 is 7.60. The van der Waals surface area contributed by atoms with E-state index in [0.717, 1.165) is 22.7 Å². The second-order valence-electron chi connectivity index (χ2n) is 6.00. The van der Waals surface area contributed by atoms with Gasteiger partial charge >= 0.3 is 0 Å². The molecule has 0 saturated heterocycles. The highest BCUT2D eigenvalue weighted by molar-refractivity contribution is 8.00. The van der Waals surface area contributed by atoms with E-state index in [4.69, 9.17) is 16.3 Å². The van der Waals surface area contributed by atoms with Gasteiger partial charge in [-0.05, 0) is 42.0 Å². The Labute approximate surface area is 165 Å². The minimum atomic E-state index is -0.179. The summed E-state index contributed by atoms with van der Waals surface area (Å²) in [6.07, 6.45) is 1.69. The third-order valence-corrected chi connectivity index (χ3v) is 5.88. The van der Waals surface area contributed by atoms with Gasteiger partial charge in [-0.3, -0.25) is 9.36 Å². The standard InChI is InChI=1S/C19H16ClN3O3S/c1-26-13-5-3-12(4-6-13)23-10-21-19-17(23)18(27-9-16(25)22-19)11-2-7-15(24)14(20)8-11/h2-8,10,18,24H,9H2,1H3,(H,22,25)/t18-/m1/s1. The molecule has 4 rings (SSSR count). The Kier molecular flexibility index (Phi) is 4.72. The van der Waals surface area contributed by atoms with Gasteiger partial charge in [0.25, 0.3) is 0 Å². The van der Waals surface area contributed by atoms with E-state index < -0.39 is 0 Å². The number of hydrogen-bond donors (Lipinski definition) is 2. The van der Waals surface area contributed by atoms with Crippen LogP contribution in [0.1, 0.15) is 16.5 Å². The van der Waals surface area contributed by atoms with Crippen LogP contribution < -0.4 is 10.1 Å². The normalized spacial score (nSPS) is 16.4. The number of nitrogens with zero attached hydrogens (tertiary/aromatic N) is 2. The van der Waals surface area contributed by atoms with Crippen LogP contribution in [0.2, 0.25) is 5.02 Å². The average Bonchev–Trinajstić information content (AvgIpc) is 3.00. The lowest BCUT2D eigenvalue weighted by atomic mass is 10.1. The Hall–Kier alpha value is -2.64. The molecule has 1 aliphatic heterocycles. The number of aromatic nitrogens is 2. The number of amides is 1. The van der Waals surface area contributed by atoms with Crippen molar-refractivity contribution >= 4 is 35.1 Å². The van der Waals surface area contributed by atoms with Gasteiger partial charge in [-0.15, -0.1) is 11.8 Å². The molecule has 1 aromatic heterocycles. The summed E-state index contributed by atoms with van der Waals surface area (Å²) in [6, 6.07) is 12.7. The first-order chi connectivity index (χ1) is 13.1. The zero-order valence-corrected chi connectivity index (χ0v) is 15.9. The highest BCUT2D eigenvalue weighted by atomic mass is 35.5. The Bertz CT molecular complexity index is 1000. The molecule has 0 radical (unpaired) electrons. The molecule has 0 fully saturated rings. The van der Waals surface area contributed by atoms with Gasteiger partial charge in [0.1, 0.15) is 17.8 Å². The number of phenols is 1. The lowest BCUT2D eigenvalue weighted by Crippen LogP contribution is -2.12. The number of imidazole rings is 1. The molecular formula is C19H16ClN3O3S. The topological polar surface area (TPSA) is 76.4 Å². The molecule has 0 saturated carbocycles. The largest absolute Gasteiger partial charge is 0.506 e. The maximum atomic E-state index is 12.1. The zero-order chi connectivity index (χ0) is 19.0. The number of anilines is 1. The lowest BCUT2D eigenvalue weighted by Gasteiger charge is -2.18. The number of rotatable bonds is 3. The van der Waals surface area contributed by atoms with Crippen molar-refractivity contribution in [1.82, 2.24) is 9.55 Å². The number of carbonyl (C=O) groups is 1. The van der Waals surface area contributed by atoms with E-state index in [9.17, 15) is 9.90 Å². The number of benzene rings is 2. The van der Waals surface area contributed by atoms with Crippen LogP contribution in [0.4, 0.5) is 5.82 Å². The lowest BCUT2D eigenvalue weighted by molar-refractivity contribution is -0.113. The molecule has 6 nitrogen and oxygen atoms in total. The van der Waals surface area contributed by atoms with Crippen LogP contribution in [-0.2, 0) is 4.79 Å². The van der Waals surface area contributed by atoms with E-state index >= 15 is 0 Å². The van der Waals surface area contributed by atoms with E-state index in [-0.39, 0.29) is 21.9 Å². The maximum absolute atomic E-state index is 12.1. The van der Waals surface area contributed by atoms with E-state index in [1.54, 1.807) is 25.6 Å². The van der Waals surface area contributed by atoms with Gasteiger partial charge in [0.2, 0.25) is 5.91 Å². The van der Waals surface area contributed by atoms with Crippen molar-refractivity contribution in [2.24, 2.45) is 0 Å². The summed E-state index contributed by atoms with van der Waals surface area (Å²) in [5.74, 6) is 1.50. The molecule has 0 spiro atoms. The average molecular weight is 402 g/mol. The van der Waals surface area contributed by atoms with Crippen LogP contribution in [0.15, 0.2) is 48.8 Å². The Morgan fingerprint density at radius 2 is 2.07 bits per heavy atom. The van der Waals surface area contributed by atoms with Crippen LogP contribution >= 0.6 is 23.4 Å². The molecule has 1 atom stereocenters. The number of methoxy groups -OCH3 is 1. The number of nitrogens with one attached hydrogen (secondary N) is 1. The molecule has 0 aliphatic carbocycles. The molecule has 27 heavy (non-hydrogen) atoms. The third kappa shape index (κ3) is 3.36. The number of thioether (sulfide) groups is 1. The molecule has 0 unspecified atom stereocenters. The van der Waals surface area contributed by atoms with Gasteiger partial charge in [-0.25, -0.2) is 4.98 Å². The van der Waals surface area contributed by atoms with Crippen molar-refractivity contribution in [3.8, 4) is 17.2 Å². The van der Waals surface area contributed by atoms with Crippen LogP contribution in [0.3, 0.4) is 0 Å². The van der Waals surface area contributed by atoms with Crippen LogP contribution in [0, 0.1) is 0 Å². The van der Waals surface area contributed by atoms with Crippen molar-refractivity contribution in [3.05, 3.63) is 65.1 Å². The molecule has 2 N–H and O–H groups in total. The first-order valence-corrected chi connectivity index (χ1v) is 9.61. The highest BCUT2D eigenvalue weighted by Gasteiger charge is 2.29. The number of hydrogen-bond acceptors (Lipinski definition) is 5. The number of ether oxygens (including phenoxy) is 1. The number of phenolic OH excluding ortho intramolecular Hbond substituents is 1. The molecule has 2 heterocycles. The van der Waals surface area contributed by atoms with Gasteiger partial charge < -0.3 is 15.2 Å². The van der Waals surface area contributed by atoms with E-state index in [0.29, 0.717) is 11.6 Å². The molecule has 1 aliphatic rings. The molecule has 8 heteroatoms. The summed E-state index contributed by atoms with van der Waals surface area (Å²) in [6.45, 7) is 0. The maximum Gasteiger partial charge on any atom is 0.235 e. The number of aromatic hydroxyl groups is 1. The third-order valence-electron chi connectivity index (χ3n) is 4.32. The van der Waals surface area contributed by atoms with Crippen molar-refractivity contribution in [2.45, 2.75) is 5.25 Å². The van der Waals surface area contributed by atoms with Crippen molar-refractivity contribution in [2.75, 3.05) is 18.2 Å². The van der Waals surface area contributed by atoms with Gasteiger partial charge in [0.15, 0.2) is 5.82 Å². The van der Waals surface area contributed by atoms with Crippen molar-refractivity contribution in [3.63, 3.8) is 0 Å². The first-order valence-electron chi connectivity index (χ1n) is 8.18. The van der Waals surface area contributed by atoms with E-state index in [1.165, 1.54) is 11.8 Å². The number of fused-ring (bicyclic) bond motifs is 1. The van der Waals surface area contributed by atoms with Gasteiger partial charge in [-0.1, -0.05) is 17.7 Å². The summed E-state index contributed by atoms with van der Waals surface area (Å²) < 4.78 is 7.17. The second-order valence-corrected chi connectivity index (χ2v) is 7.50. The van der Waals surface area contributed by atoms with Crippen molar-refractivity contribution in [1.29, 1.82) is 0 Å². The Balaban J connectivity index is 1.85. The number of halogens is 1. The van der Waals surface area contributed by atoms with E-state index in [1.807, 2.05) is 34.9 Å². The summed E-state index contributed by atoms with van der Waals surface area (Å²) in [4.78, 5) is 16.5. The monoisotopic (exact) mass is 401 g/mol. The van der Waals surface area contributed by atoms with E-state index in [2.05, 4.69) is 10.3 Å². The van der Waals surface area contributed by atoms with Crippen molar-refractivity contribution < 1.29 is 14.6 Å². The smallest absolute Gasteiger partial charge is 0.235 e. The Morgan fingerprint density at radius 3 is 2.78 bits per heavy atom. The quantitative estimate of drug-likeness (QED) is 0.693. The molecule has 2 aromatic carbocycles. The summed E-state index contributed by atoms with van der Waals surface area (Å²) in [7, 11) is 1.62. The minimum Gasteiger partial charge on any atom is -0.506 e. The van der Waals surface area contributed by atoms with Crippen LogP contribution in [0.5, 0.6) is 11.5 Å². The number of carbonyl (C=O) groups excluding carboxylic acids is 1. The highest BCUT2D eigenvalue weighted by Crippen LogP contribution is 2.43. The molecular weight excluding hydrogens is 386 g/mol. The fourth-order valence-electron chi connectivity index (χ4n) is 3.00. The molecule has 3 aromatic rings. The summed E-state index contributed by atoms with van der Waals surface area (Å²) in [5, 5.41) is 12.7. The second kappa shape index (κ2) is 7.17. The fraction of sp³-hybridized carbons (Fsp3) is 0.158.